The molecule has 0 aromatic rings. The van der Waals surface area contributed by atoms with Crippen molar-refractivity contribution in [3.05, 3.63) is 0 Å². The number of nitrogens with two attached hydrogens (primary N) is 1. The monoisotopic (exact) mass is 271 g/mol. The van der Waals surface area contributed by atoms with E-state index in [0.29, 0.717) is 32.6 Å². The molecule has 2 N–H and O–H groups in total. The van der Waals surface area contributed by atoms with Crippen LogP contribution in [0.4, 0.5) is 13.2 Å². The highest BCUT2D eigenvalue weighted by Gasteiger charge is 2.31. The zero-order chi connectivity index (χ0) is 14.6. The summed E-state index contributed by atoms with van der Waals surface area (Å²) in [5.41, 5.74) is 4.50. The summed E-state index contributed by atoms with van der Waals surface area (Å²) in [6, 6.07) is 0. The van der Waals surface area contributed by atoms with E-state index >= 15 is 0 Å². The maximum atomic E-state index is 11.9. The zero-order valence-electron chi connectivity index (χ0n) is 11.3. The van der Waals surface area contributed by atoms with Crippen LogP contribution in [0, 0.1) is 0 Å². The van der Waals surface area contributed by atoms with Crippen LogP contribution in [0.1, 0.15) is 20.3 Å². The number of rotatable bonds is 2. The van der Waals surface area contributed by atoms with Gasteiger partial charge in [-0.05, 0) is 7.05 Å². The number of carbonyl (C=O) groups is 1. The van der Waals surface area contributed by atoms with E-state index in [-0.39, 0.29) is 0 Å². The molecule has 0 spiro atoms. The fraction of sp³-hybridized carbons (Fsp3) is 0.909. The molecule has 1 fully saturated rings. The van der Waals surface area contributed by atoms with Gasteiger partial charge in [0.25, 0.3) is 0 Å². The number of nitrogens with zero attached hydrogens (tertiary/aromatic N) is 2. The third-order valence-electron chi connectivity index (χ3n) is 1.96. The largest absolute Gasteiger partial charge is 0.401 e. The second-order valence-corrected chi connectivity index (χ2v) is 3.74. The van der Waals surface area contributed by atoms with E-state index in [1.54, 1.807) is 0 Å². The number of alkyl halides is 3. The van der Waals surface area contributed by atoms with E-state index in [1.165, 1.54) is 23.3 Å². The maximum Gasteiger partial charge on any atom is 0.401 e. The Balaban J connectivity index is 0. The SMILES string of the molecule is CCC.CN.O=CN1CCN(CC(F)(F)F)CC1. The number of piperazine rings is 1. The summed E-state index contributed by atoms with van der Waals surface area (Å²) in [7, 11) is 1.50. The zero-order valence-corrected chi connectivity index (χ0v) is 11.3. The number of carbonyl (C=O) groups excluding carboxylic acids is 1. The number of amides is 1. The van der Waals surface area contributed by atoms with Gasteiger partial charge in [-0.3, -0.25) is 9.69 Å². The van der Waals surface area contributed by atoms with E-state index in [2.05, 4.69) is 19.6 Å². The van der Waals surface area contributed by atoms with Gasteiger partial charge >= 0.3 is 6.18 Å². The van der Waals surface area contributed by atoms with Crippen LogP contribution < -0.4 is 5.73 Å². The number of hydrogen-bond acceptors (Lipinski definition) is 3. The standard InChI is InChI=1S/C7H11F3N2O.C3H8.CH5N/c8-7(9,10)5-11-1-3-12(6-13)4-2-11;1-3-2;1-2/h6H,1-5H2;3H2,1-2H3;2H2,1H3. The van der Waals surface area contributed by atoms with Crippen LogP contribution >= 0.6 is 0 Å². The van der Waals surface area contributed by atoms with Crippen molar-refractivity contribution in [3.8, 4) is 0 Å². The van der Waals surface area contributed by atoms with Gasteiger partial charge in [0.2, 0.25) is 6.41 Å². The molecule has 7 heteroatoms. The Kier molecular flexibility index (Phi) is 12.2. The number of halogens is 3. The van der Waals surface area contributed by atoms with E-state index in [0.717, 1.165) is 0 Å². The summed E-state index contributed by atoms with van der Waals surface area (Å²) < 4.78 is 35.7. The quantitative estimate of drug-likeness (QED) is 0.771. The van der Waals surface area contributed by atoms with Crippen molar-refractivity contribution in [1.29, 1.82) is 0 Å². The van der Waals surface area contributed by atoms with Gasteiger partial charge in [-0.25, -0.2) is 0 Å². The lowest BCUT2D eigenvalue weighted by molar-refractivity contribution is -0.150. The molecule has 4 nitrogen and oxygen atoms in total. The molecule has 1 amide bonds. The average Bonchev–Trinajstić information content (AvgIpc) is 2.32. The van der Waals surface area contributed by atoms with Crippen molar-refractivity contribution in [2.75, 3.05) is 39.8 Å². The van der Waals surface area contributed by atoms with Crippen LogP contribution in [0.5, 0.6) is 0 Å². The van der Waals surface area contributed by atoms with Crippen molar-refractivity contribution in [2.45, 2.75) is 26.4 Å². The maximum absolute atomic E-state index is 11.9. The molecule has 0 bridgehead atoms. The summed E-state index contributed by atoms with van der Waals surface area (Å²) in [5.74, 6) is 0. The lowest BCUT2D eigenvalue weighted by Gasteiger charge is -2.32. The number of hydrogen-bond donors (Lipinski definition) is 1. The van der Waals surface area contributed by atoms with Gasteiger partial charge in [0.1, 0.15) is 0 Å². The van der Waals surface area contributed by atoms with Gasteiger partial charge in [-0.15, -0.1) is 0 Å². The normalized spacial score (nSPS) is 16.1. The Morgan fingerprint density at radius 2 is 1.50 bits per heavy atom. The molecule has 1 aliphatic rings. The molecule has 1 heterocycles. The summed E-state index contributed by atoms with van der Waals surface area (Å²) in [6.45, 7) is 4.76. The summed E-state index contributed by atoms with van der Waals surface area (Å²) in [6.07, 6.45) is -2.21. The first-order chi connectivity index (χ1) is 8.42. The molecule has 0 aromatic carbocycles. The molecule has 0 saturated carbocycles. The molecule has 1 rings (SSSR count). The minimum absolute atomic E-state index is 0.304. The molecule has 1 aliphatic heterocycles. The smallest absolute Gasteiger partial charge is 0.343 e. The molecule has 0 aromatic heterocycles. The molecule has 0 aliphatic carbocycles. The second-order valence-electron chi connectivity index (χ2n) is 3.74. The first-order valence-corrected chi connectivity index (χ1v) is 5.99. The molecule has 0 atom stereocenters. The van der Waals surface area contributed by atoms with E-state index in [1.807, 2.05) is 0 Å². The van der Waals surface area contributed by atoms with Crippen LogP contribution in [0.2, 0.25) is 0 Å². The highest BCUT2D eigenvalue weighted by molar-refractivity contribution is 5.47. The van der Waals surface area contributed by atoms with Crippen LogP contribution in [0.15, 0.2) is 0 Å². The fourth-order valence-corrected chi connectivity index (χ4v) is 1.28. The molecule has 110 valence electrons. The molecular formula is C11H24F3N3O. The van der Waals surface area contributed by atoms with Gasteiger partial charge in [-0.2, -0.15) is 13.2 Å². The topological polar surface area (TPSA) is 49.6 Å². The Bertz CT molecular complexity index is 192. The summed E-state index contributed by atoms with van der Waals surface area (Å²) in [5, 5.41) is 0. The van der Waals surface area contributed by atoms with Gasteiger partial charge in [0.15, 0.2) is 0 Å². The van der Waals surface area contributed by atoms with Crippen molar-refractivity contribution in [1.82, 2.24) is 9.80 Å². The predicted octanol–water partition coefficient (Wildman–Crippen LogP) is 1.31. The van der Waals surface area contributed by atoms with E-state index in [9.17, 15) is 18.0 Å². The van der Waals surface area contributed by atoms with E-state index < -0.39 is 12.7 Å². The minimum Gasteiger partial charge on any atom is -0.343 e. The molecular weight excluding hydrogens is 247 g/mol. The van der Waals surface area contributed by atoms with Crippen LogP contribution in [0.25, 0.3) is 0 Å². The highest BCUT2D eigenvalue weighted by Crippen LogP contribution is 2.17. The highest BCUT2D eigenvalue weighted by atomic mass is 19.4. The first kappa shape index (κ1) is 19.5. The van der Waals surface area contributed by atoms with Gasteiger partial charge < -0.3 is 10.6 Å². The van der Waals surface area contributed by atoms with E-state index in [4.69, 9.17) is 0 Å². The van der Waals surface area contributed by atoms with Crippen LogP contribution in [0.3, 0.4) is 0 Å². The minimum atomic E-state index is -4.14. The van der Waals surface area contributed by atoms with Crippen molar-refractivity contribution in [2.24, 2.45) is 5.73 Å². The Labute approximate surface area is 107 Å². The van der Waals surface area contributed by atoms with Crippen molar-refractivity contribution >= 4 is 6.41 Å². The van der Waals surface area contributed by atoms with Gasteiger partial charge in [-0.1, -0.05) is 20.3 Å². The van der Waals surface area contributed by atoms with Gasteiger partial charge in [0, 0.05) is 26.2 Å². The lowest BCUT2D eigenvalue weighted by atomic mass is 10.3. The summed E-state index contributed by atoms with van der Waals surface area (Å²) in [4.78, 5) is 13.0. The third-order valence-corrected chi connectivity index (χ3v) is 1.96. The molecule has 1 saturated heterocycles. The fourth-order valence-electron chi connectivity index (χ4n) is 1.28. The molecule has 0 radical (unpaired) electrons. The first-order valence-electron chi connectivity index (χ1n) is 5.99. The van der Waals surface area contributed by atoms with Crippen LogP contribution in [-0.4, -0.2) is 62.2 Å². The average molecular weight is 271 g/mol. The van der Waals surface area contributed by atoms with Crippen molar-refractivity contribution in [3.63, 3.8) is 0 Å². The van der Waals surface area contributed by atoms with Crippen LogP contribution in [-0.2, 0) is 4.79 Å². The third kappa shape index (κ3) is 11.7. The summed E-state index contributed by atoms with van der Waals surface area (Å²) >= 11 is 0. The Morgan fingerprint density at radius 1 is 1.11 bits per heavy atom. The Morgan fingerprint density at radius 3 is 1.78 bits per heavy atom. The van der Waals surface area contributed by atoms with Crippen molar-refractivity contribution < 1.29 is 18.0 Å². The molecule has 0 unspecified atom stereocenters. The molecule has 18 heavy (non-hydrogen) atoms. The lowest BCUT2D eigenvalue weighted by Crippen LogP contribution is -2.48. The Hall–Kier alpha value is -0.820. The predicted molar refractivity (Wildman–Crippen MR) is 66.2 cm³/mol. The van der Waals surface area contributed by atoms with Gasteiger partial charge in [0.05, 0.1) is 6.54 Å². The second kappa shape index (κ2) is 11.3.